The summed E-state index contributed by atoms with van der Waals surface area (Å²) in [7, 11) is 1.68. The molecule has 0 atom stereocenters. The average molecular weight is 372 g/mol. The molecule has 0 heterocycles. The first kappa shape index (κ1) is 23.3. The van der Waals surface area contributed by atoms with Gasteiger partial charge in [0.15, 0.2) is 5.75 Å². The van der Waals surface area contributed by atoms with Gasteiger partial charge >= 0.3 is 17.6 Å². The molecule has 0 aromatic heterocycles. The van der Waals surface area contributed by atoms with E-state index in [9.17, 15) is 10.1 Å². The first-order valence-corrected chi connectivity index (χ1v) is 7.83. The molecule has 3 N–H and O–H groups in total. The van der Waals surface area contributed by atoms with Crippen LogP contribution in [0.4, 0.5) is 5.69 Å². The normalized spacial score (nSPS) is 9.77. The quantitative estimate of drug-likeness (QED) is 0.240. The van der Waals surface area contributed by atoms with Crippen LogP contribution < -0.4 is 10.1 Å². The molecule has 1 aromatic rings. The van der Waals surface area contributed by atoms with Gasteiger partial charge in [-0.25, -0.2) is 9.59 Å². The van der Waals surface area contributed by atoms with Crippen LogP contribution in [0.15, 0.2) is 18.2 Å². The van der Waals surface area contributed by atoms with E-state index in [2.05, 4.69) is 5.32 Å². The molecule has 10 heteroatoms. The van der Waals surface area contributed by atoms with Crippen molar-refractivity contribution >= 4 is 17.6 Å². The highest BCUT2D eigenvalue weighted by Gasteiger charge is 2.14. The molecule has 1 rings (SSSR count). The Balaban J connectivity index is 0.000000896. The summed E-state index contributed by atoms with van der Waals surface area (Å²) < 4.78 is 10.4. The summed E-state index contributed by atoms with van der Waals surface area (Å²) in [4.78, 5) is 28.7. The third-order valence-corrected chi connectivity index (χ3v) is 2.95. The average Bonchev–Trinajstić information content (AvgIpc) is 2.58. The van der Waals surface area contributed by atoms with Gasteiger partial charge in [0, 0.05) is 19.8 Å². The number of hydrogen-bond donors (Lipinski definition) is 3. The van der Waals surface area contributed by atoms with E-state index >= 15 is 0 Å². The van der Waals surface area contributed by atoms with Crippen LogP contribution in [0.1, 0.15) is 18.4 Å². The van der Waals surface area contributed by atoms with Crippen molar-refractivity contribution in [1.82, 2.24) is 5.32 Å². The lowest BCUT2D eigenvalue weighted by molar-refractivity contribution is -0.385. The van der Waals surface area contributed by atoms with Crippen molar-refractivity contribution < 1.29 is 34.2 Å². The van der Waals surface area contributed by atoms with E-state index in [-0.39, 0.29) is 5.69 Å². The van der Waals surface area contributed by atoms with Crippen molar-refractivity contribution in [2.24, 2.45) is 0 Å². The van der Waals surface area contributed by atoms with E-state index in [4.69, 9.17) is 29.3 Å². The monoisotopic (exact) mass is 372 g/mol. The third-order valence-electron chi connectivity index (χ3n) is 2.95. The zero-order valence-corrected chi connectivity index (χ0v) is 14.8. The number of aliphatic carboxylic acids is 2. The Morgan fingerprint density at radius 2 is 1.73 bits per heavy atom. The number of methoxy groups -OCH3 is 1. The summed E-state index contributed by atoms with van der Waals surface area (Å²) in [6.45, 7) is 4.75. The summed E-state index contributed by atoms with van der Waals surface area (Å²) >= 11 is 0. The van der Waals surface area contributed by atoms with Gasteiger partial charge in [-0.1, -0.05) is 6.07 Å². The molecule has 26 heavy (non-hydrogen) atoms. The maximum atomic E-state index is 10.9. The molecule has 0 bridgehead atoms. The molecule has 0 unspecified atom stereocenters. The highest BCUT2D eigenvalue weighted by Crippen LogP contribution is 2.27. The van der Waals surface area contributed by atoms with Gasteiger partial charge in [-0.15, -0.1) is 0 Å². The fourth-order valence-electron chi connectivity index (χ4n) is 1.74. The smallest absolute Gasteiger partial charge is 0.414 e. The van der Waals surface area contributed by atoms with Crippen LogP contribution in [0.25, 0.3) is 0 Å². The molecule has 0 saturated carbocycles. The number of benzene rings is 1. The van der Waals surface area contributed by atoms with Crippen LogP contribution in [0.3, 0.4) is 0 Å². The van der Waals surface area contributed by atoms with Gasteiger partial charge in [0.05, 0.1) is 11.5 Å². The van der Waals surface area contributed by atoms with E-state index in [0.29, 0.717) is 12.4 Å². The Hall–Kier alpha value is -2.72. The standard InChI is InChI=1S/C14H22N2O4.C2H2O4/c1-12-5-6-14(13(11-12)16(17)18)20-10-4-8-15-7-3-9-19-2;3-1(4)2(5)6/h5-6,11,15H,3-4,7-10H2,1-2H3;(H,3,4)(H,5,6). The minimum atomic E-state index is -1.82. The molecule has 0 aliphatic rings. The number of carboxylic acids is 2. The predicted octanol–water partition coefficient (Wildman–Crippen LogP) is 1.45. The van der Waals surface area contributed by atoms with Gasteiger partial charge in [0.25, 0.3) is 0 Å². The maximum absolute atomic E-state index is 10.9. The summed E-state index contributed by atoms with van der Waals surface area (Å²) in [5.74, 6) is -3.31. The Kier molecular flexibility index (Phi) is 12.1. The molecule has 0 fully saturated rings. The van der Waals surface area contributed by atoms with Crippen molar-refractivity contribution in [2.45, 2.75) is 19.8 Å². The number of carbonyl (C=O) groups is 2. The molecule has 0 radical (unpaired) electrons. The van der Waals surface area contributed by atoms with Gasteiger partial charge in [-0.05, 0) is 44.5 Å². The molecule has 0 amide bonds. The van der Waals surface area contributed by atoms with Gasteiger partial charge in [-0.3, -0.25) is 10.1 Å². The number of nitrogens with one attached hydrogen (secondary N) is 1. The van der Waals surface area contributed by atoms with Gasteiger partial charge < -0.3 is 25.0 Å². The fraction of sp³-hybridized carbons (Fsp3) is 0.500. The van der Waals surface area contributed by atoms with E-state index in [1.807, 2.05) is 13.0 Å². The molecule has 0 saturated heterocycles. The summed E-state index contributed by atoms with van der Waals surface area (Å²) in [6.07, 6.45) is 1.78. The zero-order chi connectivity index (χ0) is 19.9. The Morgan fingerprint density at radius 3 is 2.23 bits per heavy atom. The summed E-state index contributed by atoms with van der Waals surface area (Å²) in [6, 6.07) is 4.99. The number of rotatable bonds is 10. The molecular weight excluding hydrogens is 348 g/mol. The number of nitrogens with zero attached hydrogens (tertiary/aromatic N) is 1. The second-order valence-corrected chi connectivity index (χ2v) is 5.14. The molecule has 0 aliphatic heterocycles. The van der Waals surface area contributed by atoms with Crippen molar-refractivity contribution in [3.63, 3.8) is 0 Å². The largest absolute Gasteiger partial charge is 0.487 e. The number of nitro benzene ring substituents is 1. The van der Waals surface area contributed by atoms with Gasteiger partial charge in [0.1, 0.15) is 0 Å². The van der Waals surface area contributed by atoms with Crippen LogP contribution >= 0.6 is 0 Å². The van der Waals surface area contributed by atoms with E-state index < -0.39 is 16.9 Å². The molecular formula is C16H24N2O8. The molecule has 0 aliphatic carbocycles. The van der Waals surface area contributed by atoms with E-state index in [1.165, 1.54) is 6.07 Å². The van der Waals surface area contributed by atoms with Crippen molar-refractivity contribution in [3.05, 3.63) is 33.9 Å². The lowest BCUT2D eigenvalue weighted by Crippen LogP contribution is -2.19. The Bertz CT molecular complexity index is 580. The topological polar surface area (TPSA) is 148 Å². The second-order valence-electron chi connectivity index (χ2n) is 5.14. The minimum Gasteiger partial charge on any atom is -0.487 e. The lowest BCUT2D eigenvalue weighted by atomic mass is 10.2. The third kappa shape index (κ3) is 10.9. The SMILES string of the molecule is COCCCNCCCOc1ccc(C)cc1[N+](=O)[O-].O=C(O)C(=O)O. The van der Waals surface area contributed by atoms with E-state index in [0.717, 1.165) is 38.1 Å². The highest BCUT2D eigenvalue weighted by atomic mass is 16.6. The van der Waals surface area contributed by atoms with Crippen LogP contribution in [-0.2, 0) is 14.3 Å². The number of aryl methyl sites for hydroxylation is 1. The number of nitro groups is 1. The first-order valence-electron chi connectivity index (χ1n) is 7.83. The van der Waals surface area contributed by atoms with Crippen LogP contribution in [0.2, 0.25) is 0 Å². The zero-order valence-electron chi connectivity index (χ0n) is 14.8. The number of hydrogen-bond acceptors (Lipinski definition) is 7. The Morgan fingerprint density at radius 1 is 1.15 bits per heavy atom. The lowest BCUT2D eigenvalue weighted by Gasteiger charge is -2.08. The number of ether oxygens (including phenoxy) is 2. The van der Waals surface area contributed by atoms with Crippen LogP contribution in [0.5, 0.6) is 5.75 Å². The molecule has 1 aromatic carbocycles. The van der Waals surface area contributed by atoms with Crippen molar-refractivity contribution in [1.29, 1.82) is 0 Å². The van der Waals surface area contributed by atoms with Gasteiger partial charge in [0.2, 0.25) is 0 Å². The Labute approximate surface area is 150 Å². The van der Waals surface area contributed by atoms with Gasteiger partial charge in [-0.2, -0.15) is 0 Å². The van der Waals surface area contributed by atoms with Crippen LogP contribution in [-0.4, -0.2) is 60.5 Å². The van der Waals surface area contributed by atoms with Crippen molar-refractivity contribution in [3.8, 4) is 5.75 Å². The predicted molar refractivity (Wildman–Crippen MR) is 92.6 cm³/mol. The number of carboxylic acid groups (broad SMARTS) is 2. The summed E-state index contributed by atoms with van der Waals surface area (Å²) in [5.41, 5.74) is 0.877. The fourth-order valence-corrected chi connectivity index (χ4v) is 1.74. The van der Waals surface area contributed by atoms with Crippen LogP contribution in [0, 0.1) is 17.0 Å². The molecule has 0 spiro atoms. The molecule has 146 valence electrons. The molecule has 10 nitrogen and oxygen atoms in total. The van der Waals surface area contributed by atoms with E-state index in [1.54, 1.807) is 13.2 Å². The minimum absolute atomic E-state index is 0.0260. The highest BCUT2D eigenvalue weighted by molar-refractivity contribution is 6.27. The first-order chi connectivity index (χ1) is 12.3. The maximum Gasteiger partial charge on any atom is 0.414 e. The summed E-state index contributed by atoms with van der Waals surface area (Å²) in [5, 5.41) is 29.0. The van der Waals surface area contributed by atoms with Crippen molar-refractivity contribution in [2.75, 3.05) is 33.4 Å². The second kappa shape index (κ2) is 13.6.